The number of ether oxygens (including phenoxy) is 1. The van der Waals surface area contributed by atoms with Crippen LogP contribution in [0.4, 0.5) is 13.2 Å². The van der Waals surface area contributed by atoms with Gasteiger partial charge in [0.2, 0.25) is 6.10 Å². The van der Waals surface area contributed by atoms with Crippen molar-refractivity contribution in [3.05, 3.63) is 35.9 Å². The van der Waals surface area contributed by atoms with Crippen molar-refractivity contribution in [1.29, 1.82) is 0 Å². The summed E-state index contributed by atoms with van der Waals surface area (Å²) in [7, 11) is 0. The van der Waals surface area contributed by atoms with Gasteiger partial charge in [-0.3, -0.25) is 0 Å². The molecule has 0 amide bonds. The van der Waals surface area contributed by atoms with Crippen LogP contribution in [0.15, 0.2) is 30.3 Å². The highest BCUT2D eigenvalue weighted by Crippen LogP contribution is 2.23. The Balaban J connectivity index is 2.90. The summed E-state index contributed by atoms with van der Waals surface area (Å²) >= 11 is 0. The van der Waals surface area contributed by atoms with Gasteiger partial charge in [-0.1, -0.05) is 30.3 Å². The Morgan fingerprint density at radius 2 is 1.71 bits per heavy atom. The zero-order chi connectivity index (χ0) is 13.1. The zero-order valence-electron chi connectivity index (χ0n) is 8.27. The Kier molecular flexibility index (Phi) is 3.72. The average molecular weight is 248 g/mol. The molecule has 0 aliphatic carbocycles. The number of aliphatic carboxylic acids is 1. The molecule has 0 fully saturated rings. The van der Waals surface area contributed by atoms with Gasteiger partial charge in [-0.2, -0.15) is 13.2 Å². The fourth-order valence-corrected chi connectivity index (χ4v) is 1.06. The smallest absolute Gasteiger partial charge is 0.478 e. The molecule has 0 saturated carbocycles. The number of halogens is 3. The fourth-order valence-electron chi connectivity index (χ4n) is 1.06. The SMILES string of the molecule is O=C(O)C(OC(=O)C(F)(F)F)c1ccccc1. The molecule has 0 heterocycles. The second-order valence-electron chi connectivity index (χ2n) is 3.03. The van der Waals surface area contributed by atoms with E-state index in [0.29, 0.717) is 0 Å². The van der Waals surface area contributed by atoms with Crippen LogP contribution in [0.2, 0.25) is 0 Å². The number of rotatable bonds is 3. The molecule has 1 N–H and O–H groups in total. The van der Waals surface area contributed by atoms with Crippen LogP contribution >= 0.6 is 0 Å². The van der Waals surface area contributed by atoms with Crippen LogP contribution < -0.4 is 0 Å². The predicted molar refractivity (Wildman–Crippen MR) is 49.0 cm³/mol. The van der Waals surface area contributed by atoms with Crippen LogP contribution in [0.3, 0.4) is 0 Å². The molecule has 0 aliphatic heterocycles. The predicted octanol–water partition coefficient (Wildman–Crippen LogP) is 1.92. The first-order valence-electron chi connectivity index (χ1n) is 4.38. The van der Waals surface area contributed by atoms with Crippen molar-refractivity contribution in [2.24, 2.45) is 0 Å². The van der Waals surface area contributed by atoms with Gasteiger partial charge < -0.3 is 9.84 Å². The second kappa shape index (κ2) is 4.86. The van der Waals surface area contributed by atoms with Crippen LogP contribution in [0, 0.1) is 0 Å². The summed E-state index contributed by atoms with van der Waals surface area (Å²) in [5.41, 5.74) is -0.0439. The molecule has 1 atom stereocenters. The first kappa shape index (κ1) is 13.0. The average Bonchev–Trinajstić information content (AvgIpc) is 2.25. The molecule has 0 saturated heterocycles. The van der Waals surface area contributed by atoms with E-state index in [2.05, 4.69) is 4.74 Å². The number of carboxylic acids is 1. The normalized spacial score (nSPS) is 12.9. The molecular formula is C10H7F3O4. The Labute approximate surface area is 93.6 Å². The van der Waals surface area contributed by atoms with Crippen molar-refractivity contribution in [2.75, 3.05) is 0 Å². The van der Waals surface area contributed by atoms with E-state index in [1.54, 1.807) is 6.07 Å². The molecule has 17 heavy (non-hydrogen) atoms. The maximum atomic E-state index is 11.9. The van der Waals surface area contributed by atoms with E-state index >= 15 is 0 Å². The molecule has 92 valence electrons. The number of carboxylic acid groups (broad SMARTS) is 1. The largest absolute Gasteiger partial charge is 0.490 e. The van der Waals surface area contributed by atoms with Crippen molar-refractivity contribution in [3.63, 3.8) is 0 Å². The minimum absolute atomic E-state index is 0.0439. The molecule has 0 radical (unpaired) electrons. The summed E-state index contributed by atoms with van der Waals surface area (Å²) in [4.78, 5) is 21.3. The number of alkyl halides is 3. The molecule has 0 aliphatic rings. The highest BCUT2D eigenvalue weighted by molar-refractivity contribution is 5.81. The summed E-state index contributed by atoms with van der Waals surface area (Å²) in [5, 5.41) is 8.70. The monoisotopic (exact) mass is 248 g/mol. The zero-order valence-corrected chi connectivity index (χ0v) is 8.27. The van der Waals surface area contributed by atoms with Gasteiger partial charge in [0, 0.05) is 5.56 Å². The lowest BCUT2D eigenvalue weighted by Gasteiger charge is -2.14. The number of hydrogen-bond donors (Lipinski definition) is 1. The first-order chi connectivity index (χ1) is 7.82. The summed E-state index contributed by atoms with van der Waals surface area (Å²) < 4.78 is 39.7. The summed E-state index contributed by atoms with van der Waals surface area (Å²) in [6.45, 7) is 0. The topological polar surface area (TPSA) is 63.6 Å². The second-order valence-corrected chi connectivity index (χ2v) is 3.03. The van der Waals surface area contributed by atoms with E-state index < -0.39 is 24.2 Å². The van der Waals surface area contributed by atoms with Gasteiger partial charge in [0.25, 0.3) is 0 Å². The van der Waals surface area contributed by atoms with Gasteiger partial charge in [0.05, 0.1) is 0 Å². The maximum Gasteiger partial charge on any atom is 0.490 e. The van der Waals surface area contributed by atoms with Crippen molar-refractivity contribution in [1.82, 2.24) is 0 Å². The van der Waals surface area contributed by atoms with Gasteiger partial charge in [-0.05, 0) is 0 Å². The van der Waals surface area contributed by atoms with E-state index in [4.69, 9.17) is 5.11 Å². The molecule has 1 rings (SSSR count). The lowest BCUT2D eigenvalue weighted by atomic mass is 10.1. The number of hydrogen-bond acceptors (Lipinski definition) is 3. The van der Waals surface area contributed by atoms with Crippen molar-refractivity contribution < 1.29 is 32.6 Å². The maximum absolute atomic E-state index is 11.9. The van der Waals surface area contributed by atoms with E-state index in [0.717, 1.165) is 0 Å². The third-order valence-corrected chi connectivity index (χ3v) is 1.78. The highest BCUT2D eigenvalue weighted by atomic mass is 19.4. The minimum atomic E-state index is -5.22. The molecular weight excluding hydrogens is 241 g/mol. The van der Waals surface area contributed by atoms with Crippen LogP contribution in [-0.4, -0.2) is 23.2 Å². The van der Waals surface area contributed by atoms with Crippen molar-refractivity contribution in [2.45, 2.75) is 12.3 Å². The van der Waals surface area contributed by atoms with E-state index in [1.165, 1.54) is 24.3 Å². The van der Waals surface area contributed by atoms with Crippen LogP contribution in [-0.2, 0) is 14.3 Å². The third kappa shape index (κ3) is 3.47. The standard InChI is InChI=1S/C10H7F3O4/c11-10(12,13)9(16)17-7(8(14)15)6-4-2-1-3-5-6/h1-5,7H,(H,14,15). The molecule has 0 spiro atoms. The molecule has 1 unspecified atom stereocenters. The summed E-state index contributed by atoms with van der Waals surface area (Å²) in [6, 6.07) is 6.90. The lowest BCUT2D eigenvalue weighted by molar-refractivity contribution is -0.207. The fraction of sp³-hybridized carbons (Fsp3) is 0.200. The number of carbonyl (C=O) groups is 2. The number of esters is 1. The van der Waals surface area contributed by atoms with Gasteiger partial charge >= 0.3 is 18.1 Å². The van der Waals surface area contributed by atoms with Gasteiger partial charge in [0.1, 0.15) is 0 Å². The van der Waals surface area contributed by atoms with Gasteiger partial charge in [-0.15, -0.1) is 0 Å². The van der Waals surface area contributed by atoms with Gasteiger partial charge in [-0.25, -0.2) is 9.59 Å². The molecule has 0 aromatic heterocycles. The number of carbonyl (C=O) groups excluding carboxylic acids is 1. The Bertz CT molecular complexity index is 413. The Morgan fingerprint density at radius 1 is 1.18 bits per heavy atom. The minimum Gasteiger partial charge on any atom is -0.478 e. The first-order valence-corrected chi connectivity index (χ1v) is 4.38. The molecule has 7 heteroatoms. The quantitative estimate of drug-likeness (QED) is 0.830. The van der Waals surface area contributed by atoms with E-state index in [1.807, 2.05) is 0 Å². The summed E-state index contributed by atoms with van der Waals surface area (Å²) in [5.74, 6) is -4.21. The third-order valence-electron chi connectivity index (χ3n) is 1.78. The van der Waals surface area contributed by atoms with E-state index in [-0.39, 0.29) is 5.56 Å². The van der Waals surface area contributed by atoms with Crippen molar-refractivity contribution >= 4 is 11.9 Å². The molecule has 1 aromatic rings. The van der Waals surface area contributed by atoms with E-state index in [9.17, 15) is 22.8 Å². The molecule has 1 aromatic carbocycles. The number of benzene rings is 1. The van der Waals surface area contributed by atoms with Crippen molar-refractivity contribution in [3.8, 4) is 0 Å². The van der Waals surface area contributed by atoms with Gasteiger partial charge in [0.15, 0.2) is 0 Å². The molecule has 4 nitrogen and oxygen atoms in total. The Hall–Kier alpha value is -2.05. The van der Waals surface area contributed by atoms with Crippen LogP contribution in [0.1, 0.15) is 11.7 Å². The summed E-state index contributed by atoms with van der Waals surface area (Å²) in [6.07, 6.45) is -7.19. The van der Waals surface area contributed by atoms with Crippen LogP contribution in [0.5, 0.6) is 0 Å². The molecule has 0 bridgehead atoms. The Morgan fingerprint density at radius 3 is 2.12 bits per heavy atom. The lowest BCUT2D eigenvalue weighted by Crippen LogP contribution is -2.29. The highest BCUT2D eigenvalue weighted by Gasteiger charge is 2.43. The van der Waals surface area contributed by atoms with Crippen LogP contribution in [0.25, 0.3) is 0 Å².